The smallest absolute Gasteiger partial charge is 0.0971 e. The Balaban J connectivity index is 2.22. The topological polar surface area (TPSA) is 32.8 Å². The number of ether oxygens (including phenoxy) is 1. The standard InChI is InChI=1S/C11H20O2/c1-8-4-5-11(7-13-11)9(6-12)10(8,2)3/h8-9,12H,4-7H2,1-3H3/t8-,9-,11-/m0/s1. The molecule has 0 aromatic carbocycles. The first-order valence-electron chi connectivity index (χ1n) is 5.28. The third-order valence-corrected chi connectivity index (χ3v) is 4.50. The summed E-state index contributed by atoms with van der Waals surface area (Å²) in [4.78, 5) is 0. The summed E-state index contributed by atoms with van der Waals surface area (Å²) in [6.07, 6.45) is 2.38. The molecule has 1 saturated heterocycles. The van der Waals surface area contributed by atoms with Gasteiger partial charge in [0.1, 0.15) is 0 Å². The zero-order valence-corrected chi connectivity index (χ0v) is 8.84. The van der Waals surface area contributed by atoms with Crippen LogP contribution in [0.15, 0.2) is 0 Å². The van der Waals surface area contributed by atoms with Crippen molar-refractivity contribution in [1.82, 2.24) is 0 Å². The van der Waals surface area contributed by atoms with Gasteiger partial charge < -0.3 is 9.84 Å². The van der Waals surface area contributed by atoms with Crippen LogP contribution in [0.1, 0.15) is 33.6 Å². The first-order chi connectivity index (χ1) is 6.03. The average molecular weight is 184 g/mol. The fourth-order valence-corrected chi connectivity index (χ4v) is 2.87. The predicted molar refractivity (Wildman–Crippen MR) is 51.4 cm³/mol. The van der Waals surface area contributed by atoms with E-state index in [2.05, 4.69) is 20.8 Å². The van der Waals surface area contributed by atoms with Crippen molar-refractivity contribution in [1.29, 1.82) is 0 Å². The molecule has 76 valence electrons. The summed E-state index contributed by atoms with van der Waals surface area (Å²) in [5, 5.41) is 9.44. The van der Waals surface area contributed by atoms with Crippen molar-refractivity contribution in [3.05, 3.63) is 0 Å². The zero-order valence-electron chi connectivity index (χ0n) is 8.84. The van der Waals surface area contributed by atoms with Gasteiger partial charge in [0.15, 0.2) is 0 Å². The van der Waals surface area contributed by atoms with Gasteiger partial charge in [-0.1, -0.05) is 20.8 Å². The number of hydrogen-bond acceptors (Lipinski definition) is 2. The van der Waals surface area contributed by atoms with E-state index in [-0.39, 0.29) is 17.6 Å². The third kappa shape index (κ3) is 1.23. The maximum atomic E-state index is 9.44. The fourth-order valence-electron chi connectivity index (χ4n) is 2.87. The van der Waals surface area contributed by atoms with Gasteiger partial charge in [0.05, 0.1) is 12.2 Å². The molecule has 0 aromatic heterocycles. The lowest BCUT2D eigenvalue weighted by atomic mass is 9.59. The summed E-state index contributed by atoms with van der Waals surface area (Å²) < 4.78 is 5.56. The van der Waals surface area contributed by atoms with Crippen LogP contribution in [-0.4, -0.2) is 23.9 Å². The van der Waals surface area contributed by atoms with Crippen LogP contribution in [0.2, 0.25) is 0 Å². The molecule has 0 bridgehead atoms. The van der Waals surface area contributed by atoms with Crippen molar-refractivity contribution >= 4 is 0 Å². The monoisotopic (exact) mass is 184 g/mol. The highest BCUT2D eigenvalue weighted by molar-refractivity contribution is 5.07. The molecule has 0 radical (unpaired) electrons. The van der Waals surface area contributed by atoms with E-state index >= 15 is 0 Å². The maximum absolute atomic E-state index is 9.44. The van der Waals surface area contributed by atoms with Crippen molar-refractivity contribution in [3.63, 3.8) is 0 Å². The molecule has 2 rings (SSSR count). The Morgan fingerprint density at radius 1 is 1.46 bits per heavy atom. The normalized spacial score (nSPS) is 48.0. The van der Waals surface area contributed by atoms with Crippen molar-refractivity contribution in [2.75, 3.05) is 13.2 Å². The summed E-state index contributed by atoms with van der Waals surface area (Å²) in [6, 6.07) is 0. The lowest BCUT2D eigenvalue weighted by molar-refractivity contribution is -0.0318. The molecule has 1 heterocycles. The minimum Gasteiger partial charge on any atom is -0.396 e. The molecule has 0 unspecified atom stereocenters. The van der Waals surface area contributed by atoms with Gasteiger partial charge >= 0.3 is 0 Å². The number of rotatable bonds is 1. The van der Waals surface area contributed by atoms with E-state index in [1.807, 2.05) is 0 Å². The van der Waals surface area contributed by atoms with Crippen LogP contribution in [0.3, 0.4) is 0 Å². The van der Waals surface area contributed by atoms with Crippen LogP contribution in [-0.2, 0) is 4.74 Å². The second-order valence-electron chi connectivity index (χ2n) is 5.35. The van der Waals surface area contributed by atoms with Crippen molar-refractivity contribution < 1.29 is 9.84 Å². The van der Waals surface area contributed by atoms with E-state index in [0.717, 1.165) is 13.0 Å². The first kappa shape index (κ1) is 9.47. The van der Waals surface area contributed by atoms with Crippen LogP contribution in [0, 0.1) is 17.3 Å². The highest BCUT2D eigenvalue weighted by atomic mass is 16.6. The molecule has 0 amide bonds. The Morgan fingerprint density at radius 2 is 2.08 bits per heavy atom. The quantitative estimate of drug-likeness (QED) is 0.630. The van der Waals surface area contributed by atoms with E-state index in [9.17, 15) is 5.11 Å². The maximum Gasteiger partial charge on any atom is 0.0971 e. The average Bonchev–Trinajstić information content (AvgIpc) is 2.80. The summed E-state index contributed by atoms with van der Waals surface area (Å²) >= 11 is 0. The Hall–Kier alpha value is -0.0800. The van der Waals surface area contributed by atoms with Crippen molar-refractivity contribution in [3.8, 4) is 0 Å². The Bertz CT molecular complexity index is 206. The third-order valence-electron chi connectivity index (χ3n) is 4.50. The molecule has 2 heteroatoms. The van der Waals surface area contributed by atoms with Crippen LogP contribution >= 0.6 is 0 Å². The molecular formula is C11H20O2. The SMILES string of the molecule is C[C@H]1CC[C@]2(CO2)[C@@H](CO)C1(C)C. The molecule has 0 aromatic rings. The lowest BCUT2D eigenvalue weighted by Gasteiger charge is -2.46. The predicted octanol–water partition coefficient (Wildman–Crippen LogP) is 1.82. The second-order valence-corrected chi connectivity index (χ2v) is 5.35. The molecule has 1 saturated carbocycles. The van der Waals surface area contributed by atoms with E-state index in [4.69, 9.17) is 4.74 Å². The van der Waals surface area contributed by atoms with Crippen LogP contribution in [0.25, 0.3) is 0 Å². The largest absolute Gasteiger partial charge is 0.396 e. The number of hydrogen-bond donors (Lipinski definition) is 1. The van der Waals surface area contributed by atoms with Crippen LogP contribution in [0.5, 0.6) is 0 Å². The molecule has 1 N–H and O–H groups in total. The van der Waals surface area contributed by atoms with Gasteiger partial charge in [0.25, 0.3) is 0 Å². The van der Waals surface area contributed by atoms with Crippen molar-refractivity contribution in [2.45, 2.75) is 39.2 Å². The molecule has 3 atom stereocenters. The number of aliphatic hydroxyl groups excluding tert-OH is 1. The van der Waals surface area contributed by atoms with Crippen LogP contribution < -0.4 is 0 Å². The van der Waals surface area contributed by atoms with Gasteiger partial charge in [-0.15, -0.1) is 0 Å². The second kappa shape index (κ2) is 2.71. The molecule has 2 nitrogen and oxygen atoms in total. The van der Waals surface area contributed by atoms with E-state index in [0.29, 0.717) is 11.8 Å². The van der Waals surface area contributed by atoms with Crippen molar-refractivity contribution in [2.24, 2.45) is 17.3 Å². The molecular weight excluding hydrogens is 164 g/mol. The highest BCUT2D eigenvalue weighted by Crippen LogP contribution is 2.56. The van der Waals surface area contributed by atoms with E-state index in [1.165, 1.54) is 6.42 Å². The Labute approximate surface area is 80.3 Å². The molecule has 1 aliphatic heterocycles. The summed E-state index contributed by atoms with van der Waals surface area (Å²) in [7, 11) is 0. The molecule has 2 fully saturated rings. The summed E-state index contributed by atoms with van der Waals surface area (Å²) in [5.74, 6) is 1.03. The Morgan fingerprint density at radius 3 is 2.54 bits per heavy atom. The van der Waals surface area contributed by atoms with Gasteiger partial charge in [-0.2, -0.15) is 0 Å². The minimum absolute atomic E-state index is 0.0603. The first-order valence-corrected chi connectivity index (χ1v) is 5.28. The van der Waals surface area contributed by atoms with Gasteiger partial charge in [-0.25, -0.2) is 0 Å². The molecule has 1 aliphatic carbocycles. The number of epoxide rings is 1. The Kier molecular flexibility index (Phi) is 1.97. The van der Waals surface area contributed by atoms with E-state index in [1.54, 1.807) is 0 Å². The minimum atomic E-state index is 0.0603. The number of aliphatic hydroxyl groups is 1. The zero-order chi connectivity index (χ0) is 9.69. The lowest BCUT2D eigenvalue weighted by Crippen LogP contribution is -2.47. The van der Waals surface area contributed by atoms with Gasteiger partial charge in [0, 0.05) is 12.5 Å². The van der Waals surface area contributed by atoms with Crippen LogP contribution in [0.4, 0.5) is 0 Å². The fraction of sp³-hybridized carbons (Fsp3) is 1.00. The highest BCUT2D eigenvalue weighted by Gasteiger charge is 2.59. The summed E-state index contributed by atoms with van der Waals surface area (Å²) in [5.41, 5.74) is 0.286. The molecule has 1 spiro atoms. The molecule has 13 heavy (non-hydrogen) atoms. The van der Waals surface area contributed by atoms with Gasteiger partial charge in [-0.05, 0) is 24.2 Å². The van der Waals surface area contributed by atoms with E-state index < -0.39 is 0 Å². The van der Waals surface area contributed by atoms with Gasteiger partial charge in [-0.3, -0.25) is 0 Å². The molecule has 2 aliphatic rings. The summed E-state index contributed by atoms with van der Waals surface area (Å²) in [6.45, 7) is 7.96. The van der Waals surface area contributed by atoms with Gasteiger partial charge in [0.2, 0.25) is 0 Å².